The maximum Gasteiger partial charge on any atom is 0.417 e. The van der Waals surface area contributed by atoms with Crippen molar-refractivity contribution >= 4 is 48.2 Å². The molecule has 0 aromatic heterocycles. The first-order chi connectivity index (χ1) is 14.0. The lowest BCUT2D eigenvalue weighted by molar-refractivity contribution is -0.136. The Morgan fingerprint density at radius 1 is 0.517 bits per heavy atom. The Bertz CT molecular complexity index is 1340. The van der Waals surface area contributed by atoms with Crippen LogP contribution in [0.3, 0.4) is 0 Å². The van der Waals surface area contributed by atoms with Gasteiger partial charge in [-0.25, -0.2) is 0 Å². The molecule has 0 nitrogen and oxygen atoms in total. The molecule has 5 rings (SSSR count). The molecule has 0 bridgehead atoms. The molecule has 0 amide bonds. The zero-order chi connectivity index (χ0) is 20.2. The van der Waals surface area contributed by atoms with Gasteiger partial charge in [0.05, 0.1) is 5.56 Å². The van der Waals surface area contributed by atoms with E-state index in [-0.39, 0.29) is 5.39 Å². The van der Waals surface area contributed by atoms with Crippen molar-refractivity contribution < 1.29 is 13.2 Å². The van der Waals surface area contributed by atoms with Gasteiger partial charge in [-0.2, -0.15) is 13.2 Å². The van der Waals surface area contributed by atoms with Gasteiger partial charge in [0.15, 0.2) is 0 Å². The van der Waals surface area contributed by atoms with Gasteiger partial charge < -0.3 is 0 Å². The van der Waals surface area contributed by atoms with E-state index >= 15 is 0 Å². The molecule has 0 aliphatic carbocycles. The van der Waals surface area contributed by atoms with Crippen LogP contribution in [0.15, 0.2) is 89.4 Å². The summed E-state index contributed by atoms with van der Waals surface area (Å²) in [5, 5.41) is 4.88. The van der Waals surface area contributed by atoms with E-state index in [0.29, 0.717) is 5.39 Å². The van der Waals surface area contributed by atoms with Crippen LogP contribution in [0, 0.1) is 0 Å². The molecule has 0 spiro atoms. The third-order valence-electron chi connectivity index (χ3n) is 5.36. The van der Waals surface area contributed by atoms with Gasteiger partial charge in [0.1, 0.15) is 0 Å². The van der Waals surface area contributed by atoms with E-state index in [9.17, 15) is 13.2 Å². The summed E-state index contributed by atoms with van der Waals surface area (Å²) < 4.78 is 41.8. The van der Waals surface area contributed by atoms with Crippen LogP contribution in [0.25, 0.3) is 43.4 Å². The summed E-state index contributed by atoms with van der Waals surface area (Å²) >= 11 is 3.73. The largest absolute Gasteiger partial charge is 0.417 e. The Kier molecular flexibility index (Phi) is 4.14. The molecule has 0 radical (unpaired) electrons. The van der Waals surface area contributed by atoms with Crippen molar-refractivity contribution in [2.75, 3.05) is 0 Å². The Hall–Kier alpha value is -2.85. The molecular weight excluding hydrogens is 437 g/mol. The molecule has 142 valence electrons. The Balaban J connectivity index is 2.00. The van der Waals surface area contributed by atoms with Crippen LogP contribution in [0.4, 0.5) is 13.2 Å². The average Bonchev–Trinajstić information content (AvgIpc) is 2.73. The van der Waals surface area contributed by atoms with Crippen LogP contribution in [-0.4, -0.2) is 0 Å². The second kappa shape index (κ2) is 6.60. The van der Waals surface area contributed by atoms with Crippen molar-refractivity contribution in [2.24, 2.45) is 0 Å². The summed E-state index contributed by atoms with van der Waals surface area (Å²) in [6.45, 7) is 0. The highest BCUT2D eigenvalue weighted by Gasteiger charge is 2.33. The van der Waals surface area contributed by atoms with E-state index in [0.717, 1.165) is 37.1 Å². The molecule has 0 saturated carbocycles. The molecule has 0 heterocycles. The average molecular weight is 451 g/mol. The fourth-order valence-corrected chi connectivity index (χ4v) is 4.82. The Morgan fingerprint density at radius 3 is 1.48 bits per heavy atom. The van der Waals surface area contributed by atoms with Gasteiger partial charge in [0.25, 0.3) is 0 Å². The molecule has 0 atom stereocenters. The fourth-order valence-electron chi connectivity index (χ4n) is 4.13. The maximum atomic E-state index is 13.6. The van der Waals surface area contributed by atoms with Gasteiger partial charge in [-0.15, -0.1) is 0 Å². The normalized spacial score (nSPS) is 12.1. The van der Waals surface area contributed by atoms with E-state index in [1.165, 1.54) is 6.07 Å². The number of fused-ring (bicyclic) bond motifs is 3. The third-order valence-corrected chi connectivity index (χ3v) is 6.22. The topological polar surface area (TPSA) is 0 Å². The molecule has 0 saturated heterocycles. The van der Waals surface area contributed by atoms with Crippen molar-refractivity contribution in [3.63, 3.8) is 0 Å². The first-order valence-corrected chi connectivity index (χ1v) is 9.94. The summed E-state index contributed by atoms with van der Waals surface area (Å²) in [5.74, 6) is 0. The summed E-state index contributed by atoms with van der Waals surface area (Å²) in [4.78, 5) is 0. The van der Waals surface area contributed by atoms with E-state index < -0.39 is 11.7 Å². The lowest BCUT2D eigenvalue weighted by Crippen LogP contribution is -2.06. The fraction of sp³-hybridized carbons (Fsp3) is 0.0400. The molecule has 0 unspecified atom stereocenters. The monoisotopic (exact) mass is 450 g/mol. The third kappa shape index (κ3) is 2.82. The zero-order valence-electron chi connectivity index (χ0n) is 15.1. The van der Waals surface area contributed by atoms with Crippen LogP contribution < -0.4 is 0 Å². The Morgan fingerprint density at radius 2 is 0.966 bits per heavy atom. The van der Waals surface area contributed by atoms with Crippen molar-refractivity contribution in [3.05, 3.63) is 95.0 Å². The van der Waals surface area contributed by atoms with Crippen LogP contribution in [0.5, 0.6) is 0 Å². The standard InChI is InChI=1S/C25H14BrF3/c26-24-20-11-5-3-9-17(20)23(18-10-4-6-12-21(18)24)19-13-14-22(25(27,28)29)16-8-2-1-7-15(16)19/h1-14H. The van der Waals surface area contributed by atoms with Crippen LogP contribution in [0.1, 0.15) is 5.56 Å². The van der Waals surface area contributed by atoms with Crippen molar-refractivity contribution in [2.45, 2.75) is 6.18 Å². The van der Waals surface area contributed by atoms with Crippen molar-refractivity contribution in [3.8, 4) is 11.1 Å². The number of alkyl halides is 3. The van der Waals surface area contributed by atoms with Gasteiger partial charge in [-0.1, -0.05) is 78.9 Å². The van der Waals surface area contributed by atoms with E-state index in [1.807, 2.05) is 48.5 Å². The molecule has 0 N–H and O–H groups in total. The quantitative estimate of drug-likeness (QED) is 0.224. The molecular formula is C25H14BrF3. The highest BCUT2D eigenvalue weighted by molar-refractivity contribution is 9.10. The van der Waals surface area contributed by atoms with Crippen LogP contribution in [0.2, 0.25) is 0 Å². The summed E-state index contributed by atoms with van der Waals surface area (Å²) in [7, 11) is 0. The molecule has 4 heteroatoms. The van der Waals surface area contributed by atoms with Crippen molar-refractivity contribution in [1.29, 1.82) is 0 Å². The number of rotatable bonds is 1. The Labute approximate surface area is 173 Å². The number of halogens is 4. The first kappa shape index (κ1) is 18.2. The van der Waals surface area contributed by atoms with Crippen molar-refractivity contribution in [1.82, 2.24) is 0 Å². The lowest BCUT2D eigenvalue weighted by Gasteiger charge is -2.18. The zero-order valence-corrected chi connectivity index (χ0v) is 16.7. The minimum atomic E-state index is -4.40. The molecule has 5 aromatic carbocycles. The summed E-state index contributed by atoms with van der Waals surface area (Å²) in [5.41, 5.74) is 1.14. The number of hydrogen-bond donors (Lipinski definition) is 0. The van der Waals surface area contributed by atoms with Crippen LogP contribution in [-0.2, 0) is 6.18 Å². The van der Waals surface area contributed by atoms with Gasteiger partial charge in [-0.3, -0.25) is 0 Å². The van der Waals surface area contributed by atoms with Gasteiger partial charge in [0, 0.05) is 4.47 Å². The maximum absolute atomic E-state index is 13.6. The minimum absolute atomic E-state index is 0.216. The summed E-state index contributed by atoms with van der Waals surface area (Å²) in [6.07, 6.45) is -4.40. The highest BCUT2D eigenvalue weighted by atomic mass is 79.9. The van der Waals surface area contributed by atoms with E-state index in [2.05, 4.69) is 15.9 Å². The second-order valence-corrected chi connectivity index (χ2v) is 7.78. The van der Waals surface area contributed by atoms with E-state index in [4.69, 9.17) is 0 Å². The van der Waals surface area contributed by atoms with E-state index in [1.54, 1.807) is 30.3 Å². The first-order valence-electron chi connectivity index (χ1n) is 9.15. The second-order valence-electron chi connectivity index (χ2n) is 6.98. The smallest absolute Gasteiger partial charge is 0.166 e. The predicted octanol–water partition coefficient (Wildman–Crippen LogP) is 8.59. The summed E-state index contributed by atoms with van der Waals surface area (Å²) in [6, 6.07) is 25.5. The molecule has 0 aliphatic rings. The van der Waals surface area contributed by atoms with Gasteiger partial charge in [0.2, 0.25) is 0 Å². The number of benzene rings is 5. The molecule has 0 aliphatic heterocycles. The predicted molar refractivity (Wildman–Crippen MR) is 117 cm³/mol. The number of hydrogen-bond acceptors (Lipinski definition) is 0. The highest BCUT2D eigenvalue weighted by Crippen LogP contribution is 2.45. The minimum Gasteiger partial charge on any atom is -0.166 e. The van der Waals surface area contributed by atoms with Gasteiger partial charge >= 0.3 is 6.18 Å². The van der Waals surface area contributed by atoms with Gasteiger partial charge in [-0.05, 0) is 65.4 Å². The molecule has 5 aromatic rings. The lowest BCUT2D eigenvalue weighted by atomic mass is 9.88. The molecule has 29 heavy (non-hydrogen) atoms. The SMILES string of the molecule is FC(F)(F)c1ccc(-c2c3ccccc3c(Br)c3ccccc23)c2ccccc12. The van der Waals surface area contributed by atoms with Crippen LogP contribution >= 0.6 is 15.9 Å². The molecule has 0 fully saturated rings.